The van der Waals surface area contributed by atoms with Gasteiger partial charge in [-0.05, 0) is 12.8 Å². The average Bonchev–Trinajstić information content (AvgIpc) is 2.57. The topological polar surface area (TPSA) is 74.7 Å². The molecule has 0 aromatic heterocycles. The van der Waals surface area contributed by atoms with Crippen molar-refractivity contribution >= 4 is 17.8 Å². The van der Waals surface area contributed by atoms with Gasteiger partial charge >= 0.3 is 5.97 Å². The first-order chi connectivity index (χ1) is 7.56. The second-order valence-corrected chi connectivity index (χ2v) is 4.03. The number of nitrogens with zero attached hydrogens (tertiary/aromatic N) is 1. The molecule has 5 heteroatoms. The van der Waals surface area contributed by atoms with Gasteiger partial charge in [0.15, 0.2) is 0 Å². The van der Waals surface area contributed by atoms with Crippen LogP contribution in [0.4, 0.5) is 0 Å². The normalized spacial score (nSPS) is 20.2. The van der Waals surface area contributed by atoms with E-state index in [1.54, 1.807) is 0 Å². The lowest BCUT2D eigenvalue weighted by atomic mass is 10.1. The Balaban J connectivity index is 2.57. The second kappa shape index (κ2) is 5.63. The van der Waals surface area contributed by atoms with E-state index < -0.39 is 5.97 Å². The van der Waals surface area contributed by atoms with E-state index in [1.165, 1.54) is 4.90 Å². The molecule has 0 spiro atoms. The fourth-order valence-corrected chi connectivity index (χ4v) is 2.03. The maximum Gasteiger partial charge on any atom is 0.303 e. The quantitative estimate of drug-likeness (QED) is 0.765. The van der Waals surface area contributed by atoms with Gasteiger partial charge in [0, 0.05) is 18.9 Å². The van der Waals surface area contributed by atoms with Crippen molar-refractivity contribution in [3.8, 4) is 0 Å². The Morgan fingerprint density at radius 3 is 2.69 bits per heavy atom. The third-order valence-electron chi connectivity index (χ3n) is 2.77. The smallest absolute Gasteiger partial charge is 0.303 e. The molecule has 0 aliphatic carbocycles. The van der Waals surface area contributed by atoms with Crippen LogP contribution in [0.2, 0.25) is 0 Å². The molecule has 1 unspecified atom stereocenters. The number of carboxylic acids is 1. The van der Waals surface area contributed by atoms with Crippen molar-refractivity contribution in [3.63, 3.8) is 0 Å². The van der Waals surface area contributed by atoms with Gasteiger partial charge in [0.1, 0.15) is 0 Å². The minimum absolute atomic E-state index is 0.0150. The van der Waals surface area contributed by atoms with Crippen LogP contribution in [0.5, 0.6) is 0 Å². The Bertz CT molecular complexity index is 300. The summed E-state index contributed by atoms with van der Waals surface area (Å²) >= 11 is 0. The summed E-state index contributed by atoms with van der Waals surface area (Å²) < 4.78 is 0. The highest BCUT2D eigenvalue weighted by molar-refractivity contribution is 5.97. The molecule has 0 aromatic rings. The third kappa shape index (κ3) is 3.05. The lowest BCUT2D eigenvalue weighted by molar-refractivity contribution is -0.147. The number of hydrogen-bond acceptors (Lipinski definition) is 3. The fourth-order valence-electron chi connectivity index (χ4n) is 2.03. The molecule has 0 bridgehead atoms. The monoisotopic (exact) mass is 227 g/mol. The predicted octanol–water partition coefficient (Wildman–Crippen LogP) is 1.17. The molecule has 1 rings (SSSR count). The van der Waals surface area contributed by atoms with Gasteiger partial charge in [-0.25, -0.2) is 0 Å². The highest BCUT2D eigenvalue weighted by atomic mass is 16.4. The van der Waals surface area contributed by atoms with Gasteiger partial charge in [0.2, 0.25) is 11.8 Å². The van der Waals surface area contributed by atoms with Crippen molar-refractivity contribution in [2.45, 2.75) is 51.5 Å². The molecule has 1 atom stereocenters. The maximum atomic E-state index is 11.7. The van der Waals surface area contributed by atoms with Crippen LogP contribution in [-0.2, 0) is 14.4 Å². The van der Waals surface area contributed by atoms with Gasteiger partial charge in [-0.15, -0.1) is 0 Å². The summed E-state index contributed by atoms with van der Waals surface area (Å²) in [6, 6.07) is -0.0150. The van der Waals surface area contributed by atoms with Gasteiger partial charge < -0.3 is 5.11 Å². The second-order valence-electron chi connectivity index (χ2n) is 4.03. The van der Waals surface area contributed by atoms with Crippen molar-refractivity contribution in [2.75, 3.05) is 0 Å². The summed E-state index contributed by atoms with van der Waals surface area (Å²) in [4.78, 5) is 34.8. The van der Waals surface area contributed by atoms with Gasteiger partial charge in [-0.3, -0.25) is 19.3 Å². The molecule has 1 aliphatic heterocycles. The zero-order chi connectivity index (χ0) is 12.1. The van der Waals surface area contributed by atoms with E-state index in [0.717, 1.165) is 12.8 Å². The minimum atomic E-state index is -1.01. The van der Waals surface area contributed by atoms with E-state index >= 15 is 0 Å². The number of imide groups is 1. The van der Waals surface area contributed by atoms with E-state index in [1.807, 2.05) is 6.92 Å². The third-order valence-corrected chi connectivity index (χ3v) is 2.77. The Morgan fingerprint density at radius 1 is 1.44 bits per heavy atom. The van der Waals surface area contributed by atoms with E-state index in [0.29, 0.717) is 12.8 Å². The molecule has 16 heavy (non-hydrogen) atoms. The van der Waals surface area contributed by atoms with Crippen molar-refractivity contribution < 1.29 is 19.5 Å². The number of hydrogen-bond donors (Lipinski definition) is 1. The van der Waals surface area contributed by atoms with Crippen molar-refractivity contribution in [2.24, 2.45) is 0 Å². The number of likely N-dealkylation sites (tertiary alicyclic amines) is 1. The lowest BCUT2D eigenvalue weighted by Crippen LogP contribution is -2.38. The largest absolute Gasteiger partial charge is 0.481 e. The van der Waals surface area contributed by atoms with Crippen molar-refractivity contribution in [1.29, 1.82) is 0 Å². The Hall–Kier alpha value is -1.39. The van der Waals surface area contributed by atoms with E-state index in [4.69, 9.17) is 5.11 Å². The molecule has 5 nitrogen and oxygen atoms in total. The maximum absolute atomic E-state index is 11.7. The molecule has 1 aliphatic rings. The SMILES string of the molecule is CCCC1CCC(=O)N1C(=O)CCC(=O)O. The van der Waals surface area contributed by atoms with E-state index in [-0.39, 0.29) is 30.7 Å². The highest BCUT2D eigenvalue weighted by Gasteiger charge is 2.34. The Morgan fingerprint density at radius 2 is 2.12 bits per heavy atom. The molecule has 1 heterocycles. The molecule has 1 fully saturated rings. The molecule has 0 saturated carbocycles. The summed E-state index contributed by atoms with van der Waals surface area (Å²) in [6.45, 7) is 2.00. The number of carbonyl (C=O) groups excluding carboxylic acids is 2. The van der Waals surface area contributed by atoms with Crippen LogP contribution in [-0.4, -0.2) is 33.8 Å². The first-order valence-corrected chi connectivity index (χ1v) is 5.63. The number of rotatable bonds is 5. The highest BCUT2D eigenvalue weighted by Crippen LogP contribution is 2.23. The minimum Gasteiger partial charge on any atom is -0.481 e. The summed E-state index contributed by atoms with van der Waals surface area (Å²) in [6.07, 6.45) is 2.56. The van der Waals surface area contributed by atoms with Gasteiger partial charge in [-0.2, -0.15) is 0 Å². The van der Waals surface area contributed by atoms with Crippen LogP contribution in [0.1, 0.15) is 45.4 Å². The Labute approximate surface area is 94.4 Å². The first kappa shape index (κ1) is 12.7. The molecule has 90 valence electrons. The number of carbonyl (C=O) groups is 3. The zero-order valence-electron chi connectivity index (χ0n) is 9.44. The number of aliphatic carboxylic acids is 1. The van der Waals surface area contributed by atoms with Crippen molar-refractivity contribution in [1.82, 2.24) is 4.90 Å². The van der Waals surface area contributed by atoms with Gasteiger partial charge in [0.05, 0.1) is 6.42 Å². The van der Waals surface area contributed by atoms with Crippen molar-refractivity contribution in [3.05, 3.63) is 0 Å². The van der Waals surface area contributed by atoms with E-state index in [2.05, 4.69) is 0 Å². The first-order valence-electron chi connectivity index (χ1n) is 5.63. The zero-order valence-corrected chi connectivity index (χ0v) is 9.44. The molecule has 0 radical (unpaired) electrons. The molecule has 2 amide bonds. The standard InChI is InChI=1S/C11H17NO4/c1-2-3-8-4-5-9(13)12(8)10(14)6-7-11(15)16/h8H,2-7H2,1H3,(H,15,16). The lowest BCUT2D eigenvalue weighted by Gasteiger charge is -2.22. The van der Waals surface area contributed by atoms with Gasteiger partial charge in [-0.1, -0.05) is 13.3 Å². The van der Waals surface area contributed by atoms with Crippen LogP contribution in [0.3, 0.4) is 0 Å². The molecular formula is C11H17NO4. The molecule has 1 N–H and O–H groups in total. The predicted molar refractivity (Wildman–Crippen MR) is 56.7 cm³/mol. The van der Waals surface area contributed by atoms with Crippen LogP contribution < -0.4 is 0 Å². The van der Waals surface area contributed by atoms with Crippen LogP contribution in [0, 0.1) is 0 Å². The van der Waals surface area contributed by atoms with Crippen LogP contribution in [0.15, 0.2) is 0 Å². The summed E-state index contributed by atoms with van der Waals surface area (Å²) in [5.41, 5.74) is 0. The van der Waals surface area contributed by atoms with E-state index in [9.17, 15) is 14.4 Å². The fraction of sp³-hybridized carbons (Fsp3) is 0.727. The van der Waals surface area contributed by atoms with Crippen LogP contribution >= 0.6 is 0 Å². The number of carboxylic acid groups (broad SMARTS) is 1. The van der Waals surface area contributed by atoms with Crippen LogP contribution in [0.25, 0.3) is 0 Å². The Kier molecular flexibility index (Phi) is 4.46. The summed E-state index contributed by atoms with van der Waals surface area (Å²) in [5.74, 6) is -1.51. The summed E-state index contributed by atoms with van der Waals surface area (Å²) in [5, 5.41) is 8.48. The molecule has 0 aromatic carbocycles. The number of amides is 2. The van der Waals surface area contributed by atoms with Gasteiger partial charge in [0.25, 0.3) is 0 Å². The average molecular weight is 227 g/mol. The summed E-state index contributed by atoms with van der Waals surface area (Å²) in [7, 11) is 0. The molecule has 1 saturated heterocycles. The molecular weight excluding hydrogens is 210 g/mol.